The van der Waals surface area contributed by atoms with Gasteiger partial charge in [-0.3, -0.25) is 14.4 Å². The molecule has 0 aliphatic carbocycles. The molecule has 0 spiro atoms. The van der Waals surface area contributed by atoms with Gasteiger partial charge in [0.25, 0.3) is 5.91 Å². The fourth-order valence-corrected chi connectivity index (χ4v) is 3.47. The van der Waals surface area contributed by atoms with Crippen molar-refractivity contribution in [1.82, 2.24) is 5.43 Å². The zero-order chi connectivity index (χ0) is 25.9. The monoisotopic (exact) mass is 506 g/mol. The number of benzene rings is 3. The fraction of sp³-hybridized carbons (Fsp3) is 0.185. The summed E-state index contributed by atoms with van der Waals surface area (Å²) in [5.74, 6) is -1.72. The van der Waals surface area contributed by atoms with E-state index in [1.54, 1.807) is 30.3 Å². The topological polar surface area (TPSA) is 109 Å². The normalized spacial score (nSPS) is 10.6. The number of nitrogens with one attached hydrogen (secondary N) is 3. The summed E-state index contributed by atoms with van der Waals surface area (Å²) in [6.45, 7) is 3.80. The quantitative estimate of drug-likeness (QED) is 0.224. The van der Waals surface area contributed by atoms with Crippen LogP contribution in [0.15, 0.2) is 71.8 Å². The lowest BCUT2D eigenvalue weighted by atomic mass is 10.1. The van der Waals surface area contributed by atoms with E-state index in [2.05, 4.69) is 28.1 Å². The molecule has 0 unspecified atom stereocenters. The molecule has 3 N–H and O–H groups in total. The van der Waals surface area contributed by atoms with Gasteiger partial charge in [-0.05, 0) is 65.9 Å². The summed E-state index contributed by atoms with van der Waals surface area (Å²) >= 11 is 6.25. The smallest absolute Gasteiger partial charge is 0.329 e. The maximum Gasteiger partial charge on any atom is 0.329 e. The second-order valence-corrected chi connectivity index (χ2v) is 8.15. The summed E-state index contributed by atoms with van der Waals surface area (Å²) in [7, 11) is 0. The molecule has 0 saturated heterocycles. The molecule has 0 aliphatic heterocycles. The fourth-order valence-electron chi connectivity index (χ4n) is 3.22. The van der Waals surface area contributed by atoms with Crippen LogP contribution in [0.25, 0.3) is 0 Å². The molecule has 3 rings (SSSR count). The van der Waals surface area contributed by atoms with Crippen LogP contribution in [0.3, 0.4) is 0 Å². The first-order valence-electron chi connectivity index (χ1n) is 11.4. The number of para-hydroxylation sites is 1. The molecule has 0 aliphatic rings. The van der Waals surface area contributed by atoms with Gasteiger partial charge in [-0.15, -0.1) is 0 Å². The van der Waals surface area contributed by atoms with Gasteiger partial charge < -0.3 is 15.4 Å². The van der Waals surface area contributed by atoms with Crippen LogP contribution in [0.2, 0.25) is 5.02 Å². The summed E-state index contributed by atoms with van der Waals surface area (Å²) < 4.78 is 5.51. The molecule has 186 valence electrons. The highest BCUT2D eigenvalue weighted by Gasteiger charge is 2.14. The van der Waals surface area contributed by atoms with E-state index in [1.165, 1.54) is 11.8 Å². The van der Waals surface area contributed by atoms with Gasteiger partial charge in [-0.25, -0.2) is 5.43 Å². The molecule has 0 aromatic heterocycles. The number of aryl methyl sites for hydroxylation is 2. The number of amides is 3. The molecule has 0 radical (unpaired) electrons. The number of carbonyl (C=O) groups excluding carboxylic acids is 3. The molecule has 9 heteroatoms. The molecule has 0 fully saturated rings. The van der Waals surface area contributed by atoms with E-state index in [0.717, 1.165) is 12.0 Å². The highest BCUT2D eigenvalue weighted by Crippen LogP contribution is 2.25. The predicted octanol–water partition coefficient (Wildman–Crippen LogP) is 4.57. The van der Waals surface area contributed by atoms with Crippen LogP contribution in [-0.4, -0.2) is 30.5 Å². The summed E-state index contributed by atoms with van der Waals surface area (Å²) in [4.78, 5) is 36.3. The van der Waals surface area contributed by atoms with Crippen molar-refractivity contribution in [2.45, 2.75) is 26.7 Å². The van der Waals surface area contributed by atoms with E-state index in [0.29, 0.717) is 29.1 Å². The average Bonchev–Trinajstić information content (AvgIpc) is 2.88. The van der Waals surface area contributed by atoms with Gasteiger partial charge in [0.2, 0.25) is 0 Å². The van der Waals surface area contributed by atoms with Crippen molar-refractivity contribution in [3.63, 3.8) is 0 Å². The van der Waals surface area contributed by atoms with Crippen molar-refractivity contribution in [2.75, 3.05) is 17.2 Å². The van der Waals surface area contributed by atoms with Gasteiger partial charge in [0.05, 0.1) is 11.2 Å². The Morgan fingerprint density at radius 3 is 2.36 bits per heavy atom. The van der Waals surface area contributed by atoms with Crippen molar-refractivity contribution in [2.24, 2.45) is 5.10 Å². The Labute approximate surface area is 214 Å². The van der Waals surface area contributed by atoms with Crippen LogP contribution in [0.1, 0.15) is 30.5 Å². The second kappa shape index (κ2) is 13.1. The lowest BCUT2D eigenvalue weighted by molar-refractivity contribution is -0.136. The van der Waals surface area contributed by atoms with Gasteiger partial charge >= 0.3 is 11.8 Å². The summed E-state index contributed by atoms with van der Waals surface area (Å²) in [6.07, 6.45) is 2.98. The Hall–Kier alpha value is -4.17. The standard InChI is InChI=1S/C27H27ClN4O4/c1-3-18-9-12-21(13-10-18)30-25(33)17-36-24-14-11-19(15-22(24)28)16-29-32-27(35)26(34)31-23-8-6-5-7-20(23)4-2/h5-16H,3-4,17H2,1-2H3,(H,30,33)(H,31,34)(H,32,35)/b29-16-. The van der Waals surface area contributed by atoms with Crippen LogP contribution in [0.5, 0.6) is 5.75 Å². The SMILES string of the molecule is CCc1ccc(NC(=O)COc2ccc(/C=N\NC(=O)C(=O)Nc3ccccc3CC)cc2Cl)cc1. The number of hydrazone groups is 1. The van der Waals surface area contributed by atoms with E-state index < -0.39 is 11.8 Å². The summed E-state index contributed by atoms with van der Waals surface area (Å²) in [6, 6.07) is 19.6. The third kappa shape index (κ3) is 7.68. The van der Waals surface area contributed by atoms with Gasteiger partial charge in [-0.1, -0.05) is 55.8 Å². The molecular weight excluding hydrogens is 480 g/mol. The molecule has 0 saturated carbocycles. The zero-order valence-corrected chi connectivity index (χ0v) is 20.8. The molecule has 8 nitrogen and oxygen atoms in total. The van der Waals surface area contributed by atoms with Gasteiger partial charge in [0.1, 0.15) is 5.75 Å². The minimum atomic E-state index is -0.904. The Morgan fingerprint density at radius 2 is 1.67 bits per heavy atom. The van der Waals surface area contributed by atoms with Crippen molar-refractivity contribution in [3.8, 4) is 5.75 Å². The Balaban J connectivity index is 1.48. The minimum Gasteiger partial charge on any atom is -0.482 e. The molecule has 0 atom stereocenters. The Kier molecular flexibility index (Phi) is 9.59. The molecular formula is C27H27ClN4O4. The van der Waals surface area contributed by atoms with Crippen LogP contribution in [-0.2, 0) is 27.2 Å². The number of nitrogens with zero attached hydrogens (tertiary/aromatic N) is 1. The van der Waals surface area contributed by atoms with Crippen molar-refractivity contribution in [1.29, 1.82) is 0 Å². The maximum atomic E-state index is 12.2. The summed E-state index contributed by atoms with van der Waals surface area (Å²) in [5, 5.41) is 9.40. The molecule has 36 heavy (non-hydrogen) atoms. The van der Waals surface area contributed by atoms with E-state index in [-0.39, 0.29) is 17.5 Å². The third-order valence-corrected chi connectivity index (χ3v) is 5.49. The van der Waals surface area contributed by atoms with E-state index in [4.69, 9.17) is 16.3 Å². The Bertz CT molecular complexity index is 1260. The number of ether oxygens (including phenoxy) is 1. The highest BCUT2D eigenvalue weighted by molar-refractivity contribution is 6.39. The highest BCUT2D eigenvalue weighted by atomic mass is 35.5. The van der Waals surface area contributed by atoms with E-state index >= 15 is 0 Å². The van der Waals surface area contributed by atoms with Crippen molar-refractivity contribution >= 4 is 46.9 Å². The molecule has 3 aromatic carbocycles. The van der Waals surface area contributed by atoms with Crippen molar-refractivity contribution in [3.05, 3.63) is 88.4 Å². The van der Waals surface area contributed by atoms with Crippen LogP contribution in [0, 0.1) is 0 Å². The number of rotatable bonds is 9. The largest absolute Gasteiger partial charge is 0.482 e. The molecule has 0 heterocycles. The van der Waals surface area contributed by atoms with E-state index in [1.807, 2.05) is 43.3 Å². The number of hydrogen-bond acceptors (Lipinski definition) is 5. The van der Waals surface area contributed by atoms with Gasteiger partial charge in [0.15, 0.2) is 6.61 Å². The zero-order valence-electron chi connectivity index (χ0n) is 20.0. The Morgan fingerprint density at radius 1 is 0.917 bits per heavy atom. The first-order chi connectivity index (χ1) is 17.4. The first-order valence-corrected chi connectivity index (χ1v) is 11.8. The average molecular weight is 507 g/mol. The number of anilines is 2. The van der Waals surface area contributed by atoms with Crippen LogP contribution < -0.4 is 20.8 Å². The molecule has 3 aromatic rings. The lowest BCUT2D eigenvalue weighted by Gasteiger charge is -2.10. The van der Waals surface area contributed by atoms with Crippen LogP contribution in [0.4, 0.5) is 11.4 Å². The number of hydrogen-bond donors (Lipinski definition) is 3. The maximum absolute atomic E-state index is 12.2. The molecule has 0 bridgehead atoms. The van der Waals surface area contributed by atoms with Gasteiger partial charge in [0, 0.05) is 11.4 Å². The minimum absolute atomic E-state index is 0.213. The number of carbonyl (C=O) groups is 3. The van der Waals surface area contributed by atoms with Crippen LogP contribution >= 0.6 is 11.6 Å². The van der Waals surface area contributed by atoms with Gasteiger partial charge in [-0.2, -0.15) is 5.10 Å². The number of halogens is 1. The lowest BCUT2D eigenvalue weighted by Crippen LogP contribution is -2.32. The van der Waals surface area contributed by atoms with E-state index in [9.17, 15) is 14.4 Å². The predicted molar refractivity (Wildman–Crippen MR) is 142 cm³/mol. The first kappa shape index (κ1) is 26.4. The third-order valence-electron chi connectivity index (χ3n) is 5.19. The molecule has 3 amide bonds. The summed E-state index contributed by atoms with van der Waals surface area (Å²) in [5.41, 5.74) is 6.11. The van der Waals surface area contributed by atoms with Crippen molar-refractivity contribution < 1.29 is 19.1 Å². The second-order valence-electron chi connectivity index (χ2n) is 7.74.